The molecule has 0 N–H and O–H groups in total. The van der Waals surface area contributed by atoms with Gasteiger partial charge in [-0.05, 0) is 20.3 Å². The van der Waals surface area contributed by atoms with Crippen LogP contribution in [-0.2, 0) is 9.53 Å². The van der Waals surface area contributed by atoms with Gasteiger partial charge < -0.3 is 4.74 Å². The lowest BCUT2D eigenvalue weighted by atomic mass is 9.97. The Morgan fingerprint density at radius 3 is 2.71 bits per heavy atom. The molecule has 1 rings (SSSR count). The van der Waals surface area contributed by atoms with E-state index in [1.807, 2.05) is 0 Å². The summed E-state index contributed by atoms with van der Waals surface area (Å²) in [5.74, 6) is 0.360. The predicted molar refractivity (Wildman–Crippen MR) is 71.1 cm³/mol. The number of ketones is 1. The number of hydrogen-bond acceptors (Lipinski definition) is 2. The lowest BCUT2D eigenvalue weighted by molar-refractivity contribution is -0.132. The summed E-state index contributed by atoms with van der Waals surface area (Å²) in [6.07, 6.45) is 9.49. The maximum Gasteiger partial charge on any atom is 0.138 e. The third-order valence-electron chi connectivity index (χ3n) is 3.15. The molecule has 2 nitrogen and oxygen atoms in total. The highest BCUT2D eigenvalue weighted by Gasteiger charge is 2.25. The molecule has 0 spiro atoms. The number of carbonyl (C=O) groups is 1. The Morgan fingerprint density at radius 1 is 1.29 bits per heavy atom. The molecule has 2 atom stereocenters. The van der Waals surface area contributed by atoms with Crippen molar-refractivity contribution in [2.24, 2.45) is 0 Å². The predicted octanol–water partition coefficient (Wildman–Crippen LogP) is 4.04. The second kappa shape index (κ2) is 7.65. The van der Waals surface area contributed by atoms with Crippen molar-refractivity contribution in [1.82, 2.24) is 0 Å². The highest BCUT2D eigenvalue weighted by Crippen LogP contribution is 2.22. The van der Waals surface area contributed by atoms with Gasteiger partial charge in [0, 0.05) is 12.8 Å². The lowest BCUT2D eigenvalue weighted by Gasteiger charge is -2.28. The Kier molecular flexibility index (Phi) is 6.49. The molecule has 0 aromatic heterocycles. The lowest BCUT2D eigenvalue weighted by Crippen LogP contribution is -2.32. The first-order valence-electron chi connectivity index (χ1n) is 6.94. The number of unbranched alkanes of at least 4 members (excludes halogenated alkanes) is 3. The Balaban J connectivity index is 2.34. The van der Waals surface area contributed by atoms with Crippen molar-refractivity contribution < 1.29 is 9.53 Å². The molecule has 0 aliphatic carbocycles. The van der Waals surface area contributed by atoms with Crippen molar-refractivity contribution in [3.63, 3.8) is 0 Å². The molecule has 1 fully saturated rings. The van der Waals surface area contributed by atoms with E-state index in [1.54, 1.807) is 0 Å². The summed E-state index contributed by atoms with van der Waals surface area (Å²) < 4.78 is 5.95. The standard InChI is InChI=1S/C15H26O2/c1-4-5-6-7-8-14-10-13(16)11-15(17-14)9-12(2)3/h9,14-15H,4-8,10-11H2,1-3H3/t14-,15+/m0/s1. The number of ether oxygens (including phenoxy) is 1. The first-order valence-corrected chi connectivity index (χ1v) is 6.94. The molecule has 0 aromatic rings. The summed E-state index contributed by atoms with van der Waals surface area (Å²) in [5.41, 5.74) is 1.23. The molecule has 98 valence electrons. The Morgan fingerprint density at radius 2 is 2.06 bits per heavy atom. The van der Waals surface area contributed by atoms with Crippen molar-refractivity contribution >= 4 is 5.78 Å². The van der Waals surface area contributed by atoms with Gasteiger partial charge in [-0.1, -0.05) is 44.3 Å². The second-order valence-corrected chi connectivity index (χ2v) is 5.34. The summed E-state index contributed by atoms with van der Waals surface area (Å²) >= 11 is 0. The zero-order valence-electron chi connectivity index (χ0n) is 11.5. The molecule has 0 unspecified atom stereocenters. The molecular formula is C15H26O2. The number of Topliss-reactive ketones (excluding diaryl/α,β-unsaturated/α-hetero) is 1. The summed E-state index contributed by atoms with van der Waals surface area (Å²) in [5, 5.41) is 0. The van der Waals surface area contributed by atoms with E-state index in [0.717, 1.165) is 6.42 Å². The minimum atomic E-state index is 0.0254. The maximum atomic E-state index is 11.6. The van der Waals surface area contributed by atoms with Gasteiger partial charge in [0.2, 0.25) is 0 Å². The van der Waals surface area contributed by atoms with Gasteiger partial charge in [0.15, 0.2) is 0 Å². The summed E-state index contributed by atoms with van der Waals surface area (Å²) in [4.78, 5) is 11.6. The van der Waals surface area contributed by atoms with Gasteiger partial charge in [-0.2, -0.15) is 0 Å². The van der Waals surface area contributed by atoms with Gasteiger partial charge in [-0.15, -0.1) is 0 Å². The van der Waals surface area contributed by atoms with Crippen molar-refractivity contribution in [3.8, 4) is 0 Å². The van der Waals surface area contributed by atoms with E-state index in [-0.39, 0.29) is 12.2 Å². The van der Waals surface area contributed by atoms with Crippen molar-refractivity contribution in [3.05, 3.63) is 11.6 Å². The fourth-order valence-electron chi connectivity index (χ4n) is 2.34. The summed E-state index contributed by atoms with van der Waals surface area (Å²) in [6.45, 7) is 6.32. The first kappa shape index (κ1) is 14.4. The quantitative estimate of drug-likeness (QED) is 0.515. The molecule has 0 radical (unpaired) electrons. The van der Waals surface area contributed by atoms with Gasteiger partial charge in [-0.25, -0.2) is 0 Å². The van der Waals surface area contributed by atoms with Crippen LogP contribution in [0.2, 0.25) is 0 Å². The first-order chi connectivity index (χ1) is 8.11. The fourth-order valence-corrected chi connectivity index (χ4v) is 2.34. The number of rotatable bonds is 6. The molecule has 0 bridgehead atoms. The van der Waals surface area contributed by atoms with Crippen LogP contribution in [0.3, 0.4) is 0 Å². The third kappa shape index (κ3) is 6.02. The monoisotopic (exact) mass is 238 g/mol. The van der Waals surface area contributed by atoms with Gasteiger partial charge in [-0.3, -0.25) is 4.79 Å². The third-order valence-corrected chi connectivity index (χ3v) is 3.15. The fraction of sp³-hybridized carbons (Fsp3) is 0.800. The SMILES string of the molecule is CCCCCC[C@H]1CC(=O)C[C@@H](C=C(C)C)O1. The zero-order valence-corrected chi connectivity index (χ0v) is 11.5. The van der Waals surface area contributed by atoms with E-state index in [4.69, 9.17) is 4.74 Å². The molecule has 1 aliphatic rings. The van der Waals surface area contributed by atoms with Crippen LogP contribution in [0.5, 0.6) is 0 Å². The van der Waals surface area contributed by atoms with Crippen LogP contribution >= 0.6 is 0 Å². The molecular weight excluding hydrogens is 212 g/mol. The molecule has 0 amide bonds. The average molecular weight is 238 g/mol. The van der Waals surface area contributed by atoms with Crippen LogP contribution < -0.4 is 0 Å². The van der Waals surface area contributed by atoms with Gasteiger partial charge in [0.05, 0.1) is 12.2 Å². The second-order valence-electron chi connectivity index (χ2n) is 5.34. The topological polar surface area (TPSA) is 26.3 Å². The summed E-state index contributed by atoms with van der Waals surface area (Å²) in [6, 6.07) is 0. The molecule has 1 heterocycles. The number of allylic oxidation sites excluding steroid dienone is 1. The zero-order chi connectivity index (χ0) is 12.7. The number of hydrogen-bond donors (Lipinski definition) is 0. The van der Waals surface area contributed by atoms with Gasteiger partial charge >= 0.3 is 0 Å². The molecule has 0 aromatic carbocycles. The van der Waals surface area contributed by atoms with Crippen molar-refractivity contribution in [1.29, 1.82) is 0 Å². The van der Waals surface area contributed by atoms with E-state index >= 15 is 0 Å². The van der Waals surface area contributed by atoms with Crippen molar-refractivity contribution in [2.75, 3.05) is 0 Å². The largest absolute Gasteiger partial charge is 0.370 e. The van der Waals surface area contributed by atoms with Crippen molar-refractivity contribution in [2.45, 2.75) is 77.9 Å². The van der Waals surface area contributed by atoms with Gasteiger partial charge in [0.25, 0.3) is 0 Å². The van der Waals surface area contributed by atoms with E-state index in [2.05, 4.69) is 26.8 Å². The smallest absolute Gasteiger partial charge is 0.138 e. The van der Waals surface area contributed by atoms with Crippen LogP contribution in [0, 0.1) is 0 Å². The minimum absolute atomic E-state index is 0.0254. The normalized spacial score (nSPS) is 24.8. The maximum absolute atomic E-state index is 11.6. The van der Waals surface area contributed by atoms with Crippen LogP contribution in [-0.4, -0.2) is 18.0 Å². The highest BCUT2D eigenvalue weighted by molar-refractivity contribution is 5.80. The highest BCUT2D eigenvalue weighted by atomic mass is 16.5. The molecule has 1 aliphatic heterocycles. The molecule has 17 heavy (non-hydrogen) atoms. The minimum Gasteiger partial charge on any atom is -0.370 e. The molecule has 0 saturated carbocycles. The van der Waals surface area contributed by atoms with Crippen LogP contribution in [0.4, 0.5) is 0 Å². The van der Waals surface area contributed by atoms with E-state index in [1.165, 1.54) is 31.3 Å². The number of carbonyl (C=O) groups excluding carboxylic acids is 1. The molecule has 2 heteroatoms. The van der Waals surface area contributed by atoms with Gasteiger partial charge in [0.1, 0.15) is 5.78 Å². The summed E-state index contributed by atoms with van der Waals surface area (Å²) in [7, 11) is 0. The Hall–Kier alpha value is -0.630. The van der Waals surface area contributed by atoms with Crippen LogP contribution in [0.25, 0.3) is 0 Å². The average Bonchev–Trinajstić information content (AvgIpc) is 2.22. The van der Waals surface area contributed by atoms with Crippen LogP contribution in [0.15, 0.2) is 11.6 Å². The van der Waals surface area contributed by atoms with Crippen LogP contribution in [0.1, 0.15) is 65.7 Å². The Bertz CT molecular complexity index is 264. The Labute approximate surface area is 105 Å². The van der Waals surface area contributed by atoms with E-state index < -0.39 is 0 Å². The molecule has 1 saturated heterocycles. The van der Waals surface area contributed by atoms with E-state index in [0.29, 0.717) is 18.6 Å². The van der Waals surface area contributed by atoms with E-state index in [9.17, 15) is 4.79 Å².